The fourth-order valence-corrected chi connectivity index (χ4v) is 1.62. The van der Waals surface area contributed by atoms with Gasteiger partial charge >= 0.3 is 0 Å². The van der Waals surface area contributed by atoms with Crippen LogP contribution in [0.4, 0.5) is 0 Å². The number of benzene rings is 1. The number of allylic oxidation sites excluding steroid dienone is 1. The van der Waals surface area contributed by atoms with Gasteiger partial charge in [0.25, 0.3) is 0 Å². The molecular weight excluding hydrogens is 160 g/mol. The second-order valence-corrected chi connectivity index (χ2v) is 3.75. The average Bonchev–Trinajstić information content (AvgIpc) is 2.91. The number of hydrogen-bond acceptors (Lipinski definition) is 1. The first kappa shape index (κ1) is 8.36. The maximum absolute atomic E-state index is 9.51. The third-order valence-corrected chi connectivity index (χ3v) is 2.72. The van der Waals surface area contributed by atoms with Crippen LogP contribution >= 0.6 is 0 Å². The second kappa shape index (κ2) is 2.91. The molecule has 0 radical (unpaired) electrons. The summed E-state index contributed by atoms with van der Waals surface area (Å²) in [6.45, 7) is 6.02. The summed E-state index contributed by atoms with van der Waals surface area (Å²) in [4.78, 5) is 0. The summed E-state index contributed by atoms with van der Waals surface area (Å²) in [7, 11) is 0. The number of phenolic OH excluding ortho intramolecular Hbond substituents is 1. The van der Waals surface area contributed by atoms with Crippen LogP contribution in [0.3, 0.4) is 0 Å². The molecule has 1 aliphatic carbocycles. The van der Waals surface area contributed by atoms with E-state index in [1.165, 1.54) is 18.4 Å². The van der Waals surface area contributed by atoms with Crippen LogP contribution in [0.15, 0.2) is 24.8 Å². The van der Waals surface area contributed by atoms with Crippen molar-refractivity contribution < 1.29 is 5.11 Å². The lowest BCUT2D eigenvalue weighted by Gasteiger charge is -2.09. The molecule has 0 spiro atoms. The topological polar surface area (TPSA) is 20.2 Å². The number of aromatic hydroxyl groups is 1. The molecule has 0 aromatic heterocycles. The predicted molar refractivity (Wildman–Crippen MR) is 54.6 cm³/mol. The molecule has 13 heavy (non-hydrogen) atoms. The molecule has 1 aliphatic rings. The quantitative estimate of drug-likeness (QED) is 0.730. The van der Waals surface area contributed by atoms with Crippen LogP contribution in [0.2, 0.25) is 0 Å². The Bertz CT molecular complexity index is 348. The molecule has 1 saturated carbocycles. The summed E-state index contributed by atoms with van der Waals surface area (Å²) < 4.78 is 0. The van der Waals surface area contributed by atoms with Crippen LogP contribution in [0, 0.1) is 12.8 Å². The zero-order valence-corrected chi connectivity index (χ0v) is 7.88. The van der Waals surface area contributed by atoms with E-state index in [-0.39, 0.29) is 0 Å². The van der Waals surface area contributed by atoms with E-state index in [0.717, 1.165) is 11.1 Å². The normalized spacial score (nSPS) is 15.8. The predicted octanol–water partition coefficient (Wildman–Crippen LogP) is 3.12. The van der Waals surface area contributed by atoms with E-state index < -0.39 is 0 Å². The molecule has 0 saturated heterocycles. The van der Waals surface area contributed by atoms with Crippen LogP contribution in [0.5, 0.6) is 5.75 Å². The van der Waals surface area contributed by atoms with Gasteiger partial charge in [-0.05, 0) is 48.4 Å². The Balaban J connectivity index is 2.38. The van der Waals surface area contributed by atoms with Gasteiger partial charge < -0.3 is 5.11 Å². The van der Waals surface area contributed by atoms with Gasteiger partial charge in [-0.2, -0.15) is 0 Å². The van der Waals surface area contributed by atoms with Crippen molar-refractivity contribution >= 4 is 5.57 Å². The second-order valence-electron chi connectivity index (χ2n) is 3.75. The lowest BCUT2D eigenvalue weighted by Crippen LogP contribution is -1.89. The van der Waals surface area contributed by atoms with Crippen molar-refractivity contribution in [1.82, 2.24) is 0 Å². The molecule has 1 aromatic rings. The largest absolute Gasteiger partial charge is 0.508 e. The zero-order chi connectivity index (χ0) is 9.42. The molecule has 68 valence electrons. The Morgan fingerprint density at radius 1 is 1.46 bits per heavy atom. The maximum atomic E-state index is 9.51. The highest BCUT2D eigenvalue weighted by Gasteiger charge is 2.26. The third kappa shape index (κ3) is 1.46. The molecule has 1 aromatic carbocycles. The molecule has 0 aliphatic heterocycles. The van der Waals surface area contributed by atoms with Crippen molar-refractivity contribution in [2.75, 3.05) is 0 Å². The first-order valence-electron chi connectivity index (χ1n) is 4.68. The van der Waals surface area contributed by atoms with Gasteiger partial charge in [0.15, 0.2) is 0 Å². The van der Waals surface area contributed by atoms with E-state index in [1.807, 2.05) is 19.1 Å². The van der Waals surface area contributed by atoms with E-state index in [4.69, 9.17) is 0 Å². The highest BCUT2D eigenvalue weighted by atomic mass is 16.3. The van der Waals surface area contributed by atoms with Crippen molar-refractivity contribution in [2.45, 2.75) is 19.8 Å². The monoisotopic (exact) mass is 174 g/mol. The van der Waals surface area contributed by atoms with Crippen molar-refractivity contribution in [3.63, 3.8) is 0 Å². The summed E-state index contributed by atoms with van der Waals surface area (Å²) in [5, 5.41) is 9.51. The minimum Gasteiger partial charge on any atom is -0.508 e. The van der Waals surface area contributed by atoms with E-state index in [9.17, 15) is 5.11 Å². The van der Waals surface area contributed by atoms with E-state index in [0.29, 0.717) is 11.7 Å². The van der Waals surface area contributed by atoms with Gasteiger partial charge in [0, 0.05) is 0 Å². The molecule has 1 N–H and O–H groups in total. The number of hydrogen-bond donors (Lipinski definition) is 1. The molecule has 1 nitrogen and oxygen atoms in total. The smallest absolute Gasteiger partial charge is 0.119 e. The van der Waals surface area contributed by atoms with Gasteiger partial charge in [0.1, 0.15) is 5.75 Å². The van der Waals surface area contributed by atoms with Gasteiger partial charge in [-0.3, -0.25) is 0 Å². The van der Waals surface area contributed by atoms with E-state index >= 15 is 0 Å². The van der Waals surface area contributed by atoms with E-state index in [2.05, 4.69) is 6.58 Å². The van der Waals surface area contributed by atoms with E-state index in [1.54, 1.807) is 6.07 Å². The summed E-state index contributed by atoms with van der Waals surface area (Å²) in [5.74, 6) is 1.04. The Labute approximate surface area is 78.7 Å². The Morgan fingerprint density at radius 2 is 2.15 bits per heavy atom. The highest BCUT2D eigenvalue weighted by molar-refractivity contribution is 5.71. The lowest BCUT2D eigenvalue weighted by molar-refractivity contribution is 0.471. The molecule has 2 rings (SSSR count). The molecule has 0 atom stereocenters. The van der Waals surface area contributed by atoms with Gasteiger partial charge in [0.05, 0.1) is 0 Å². The summed E-state index contributed by atoms with van der Waals surface area (Å²) in [6.07, 6.45) is 2.52. The Hall–Kier alpha value is -1.24. The van der Waals surface area contributed by atoms with Crippen LogP contribution in [-0.4, -0.2) is 5.11 Å². The molecule has 1 fully saturated rings. The van der Waals surface area contributed by atoms with Crippen LogP contribution < -0.4 is 0 Å². The van der Waals surface area contributed by atoms with Crippen molar-refractivity contribution in [3.8, 4) is 5.75 Å². The summed E-state index contributed by atoms with van der Waals surface area (Å²) in [6, 6.07) is 5.64. The summed E-state index contributed by atoms with van der Waals surface area (Å²) >= 11 is 0. The zero-order valence-electron chi connectivity index (χ0n) is 7.88. The summed E-state index contributed by atoms with van der Waals surface area (Å²) in [5.41, 5.74) is 3.27. The fraction of sp³-hybridized carbons (Fsp3) is 0.333. The first-order valence-corrected chi connectivity index (χ1v) is 4.68. The Morgan fingerprint density at radius 3 is 2.77 bits per heavy atom. The lowest BCUT2D eigenvalue weighted by atomic mass is 9.98. The van der Waals surface area contributed by atoms with Gasteiger partial charge in [0.2, 0.25) is 0 Å². The van der Waals surface area contributed by atoms with Gasteiger partial charge in [-0.15, -0.1) is 0 Å². The molecule has 0 heterocycles. The third-order valence-electron chi connectivity index (χ3n) is 2.72. The highest BCUT2D eigenvalue weighted by Crippen LogP contribution is 2.42. The van der Waals surface area contributed by atoms with Crippen LogP contribution in [-0.2, 0) is 0 Å². The molecule has 0 unspecified atom stereocenters. The van der Waals surface area contributed by atoms with Crippen molar-refractivity contribution in [1.29, 1.82) is 0 Å². The minimum atomic E-state index is 0.374. The minimum absolute atomic E-state index is 0.374. The van der Waals surface area contributed by atoms with Crippen molar-refractivity contribution in [3.05, 3.63) is 35.9 Å². The molecule has 0 amide bonds. The first-order chi connectivity index (χ1) is 6.20. The number of phenols is 1. The fourth-order valence-electron chi connectivity index (χ4n) is 1.62. The van der Waals surface area contributed by atoms with Crippen molar-refractivity contribution in [2.24, 2.45) is 5.92 Å². The maximum Gasteiger partial charge on any atom is 0.119 e. The van der Waals surface area contributed by atoms with Gasteiger partial charge in [-0.25, -0.2) is 0 Å². The molecule has 1 heteroatoms. The average molecular weight is 174 g/mol. The standard InChI is InChI=1S/C12H14O/c1-8(10-6-7-10)11-4-3-5-12(13)9(11)2/h3-5,10,13H,1,6-7H2,2H3. The molecular formula is C12H14O. The van der Waals surface area contributed by atoms with Crippen LogP contribution in [0.1, 0.15) is 24.0 Å². The Kier molecular flexibility index (Phi) is 1.87. The van der Waals surface area contributed by atoms with Crippen LogP contribution in [0.25, 0.3) is 5.57 Å². The van der Waals surface area contributed by atoms with Gasteiger partial charge in [-0.1, -0.05) is 18.7 Å². The SMILES string of the molecule is C=C(c1cccc(O)c1C)C1CC1. The molecule has 0 bridgehead atoms. The number of rotatable bonds is 2.